The summed E-state index contributed by atoms with van der Waals surface area (Å²) in [5, 5.41) is 12.6. The molecule has 3 nitrogen and oxygen atoms in total. The van der Waals surface area contributed by atoms with Crippen molar-refractivity contribution >= 4 is 0 Å². The zero-order valence-electron chi connectivity index (χ0n) is 12.7. The van der Waals surface area contributed by atoms with Gasteiger partial charge in [0.05, 0.1) is 6.07 Å². The number of nitrogens with zero attached hydrogens (tertiary/aromatic N) is 1. The molecule has 0 aliphatic rings. The summed E-state index contributed by atoms with van der Waals surface area (Å²) in [5.74, 6) is 0.623. The van der Waals surface area contributed by atoms with Crippen LogP contribution in [-0.4, -0.2) is 18.7 Å². The van der Waals surface area contributed by atoms with E-state index < -0.39 is 12.2 Å². The Kier molecular flexibility index (Phi) is 6.57. The molecule has 0 spiro atoms. The third-order valence-electron chi connectivity index (χ3n) is 3.21. The highest BCUT2D eigenvalue weighted by Gasteiger charge is 2.22. The van der Waals surface area contributed by atoms with Gasteiger partial charge in [0.25, 0.3) is 0 Å². The second-order valence-electron chi connectivity index (χ2n) is 5.74. The number of aryl methyl sites for hydroxylation is 1. The van der Waals surface area contributed by atoms with Crippen LogP contribution in [0, 0.1) is 17.2 Å². The van der Waals surface area contributed by atoms with E-state index in [-0.39, 0.29) is 5.75 Å². The first-order valence-corrected chi connectivity index (χ1v) is 7.04. The third-order valence-corrected chi connectivity index (χ3v) is 3.21. The zero-order chi connectivity index (χ0) is 15.9. The number of halogens is 2. The molecule has 0 aromatic heterocycles. The molecular formula is C16H22F2N2O. The van der Waals surface area contributed by atoms with Crippen LogP contribution in [0.1, 0.15) is 32.8 Å². The Balaban J connectivity index is 2.54. The van der Waals surface area contributed by atoms with Crippen molar-refractivity contribution in [2.45, 2.75) is 45.8 Å². The number of ether oxygens (including phenoxy) is 1. The van der Waals surface area contributed by atoms with Gasteiger partial charge >= 0.3 is 6.61 Å². The highest BCUT2D eigenvalue weighted by atomic mass is 19.3. The first-order valence-electron chi connectivity index (χ1n) is 7.04. The zero-order valence-corrected chi connectivity index (χ0v) is 12.7. The number of alkyl halides is 2. The summed E-state index contributed by atoms with van der Waals surface area (Å²) >= 11 is 0. The Morgan fingerprint density at radius 2 is 1.90 bits per heavy atom. The topological polar surface area (TPSA) is 45.0 Å². The molecule has 0 aliphatic heterocycles. The third kappa shape index (κ3) is 6.54. The maximum Gasteiger partial charge on any atom is 0.387 e. The lowest BCUT2D eigenvalue weighted by Crippen LogP contribution is -2.43. The van der Waals surface area contributed by atoms with Gasteiger partial charge in [0.1, 0.15) is 11.3 Å². The Bertz CT molecular complexity index is 468. The van der Waals surface area contributed by atoms with Crippen LogP contribution in [0.15, 0.2) is 24.3 Å². The lowest BCUT2D eigenvalue weighted by atomic mass is 9.94. The number of hydrogen-bond acceptors (Lipinski definition) is 3. The van der Waals surface area contributed by atoms with Crippen LogP contribution in [0.5, 0.6) is 5.75 Å². The van der Waals surface area contributed by atoms with Gasteiger partial charge in [-0.1, -0.05) is 26.0 Å². The Morgan fingerprint density at radius 1 is 1.29 bits per heavy atom. The van der Waals surface area contributed by atoms with Gasteiger partial charge in [-0.2, -0.15) is 14.0 Å². The van der Waals surface area contributed by atoms with Crippen molar-refractivity contribution in [3.63, 3.8) is 0 Å². The molecule has 0 saturated carbocycles. The minimum atomic E-state index is -2.81. The highest BCUT2D eigenvalue weighted by molar-refractivity contribution is 5.27. The second kappa shape index (κ2) is 7.94. The lowest BCUT2D eigenvalue weighted by Gasteiger charge is -2.24. The molecule has 1 rings (SSSR count). The fourth-order valence-corrected chi connectivity index (χ4v) is 1.85. The SMILES string of the molecule is CC(C)CNC(C)(C#N)CCc1ccc(OC(F)F)cc1. The molecule has 0 bridgehead atoms. The molecule has 1 unspecified atom stereocenters. The molecule has 1 N–H and O–H groups in total. The van der Waals surface area contributed by atoms with E-state index >= 15 is 0 Å². The molecular weight excluding hydrogens is 274 g/mol. The molecule has 1 aromatic rings. The van der Waals surface area contributed by atoms with Crippen molar-refractivity contribution in [3.8, 4) is 11.8 Å². The van der Waals surface area contributed by atoms with Gasteiger partial charge in [-0.15, -0.1) is 0 Å². The van der Waals surface area contributed by atoms with Crippen LogP contribution < -0.4 is 10.1 Å². The standard InChI is InChI=1S/C16H22F2N2O/c1-12(2)10-20-16(3,11-19)9-8-13-4-6-14(7-5-13)21-15(17)18/h4-7,12,15,20H,8-10H2,1-3H3. The van der Waals surface area contributed by atoms with E-state index in [4.69, 9.17) is 0 Å². The van der Waals surface area contributed by atoms with Gasteiger partial charge in [0.2, 0.25) is 0 Å². The van der Waals surface area contributed by atoms with Gasteiger partial charge < -0.3 is 4.74 Å². The van der Waals surface area contributed by atoms with Gasteiger partial charge in [-0.3, -0.25) is 5.32 Å². The van der Waals surface area contributed by atoms with E-state index in [0.717, 1.165) is 12.1 Å². The fraction of sp³-hybridized carbons (Fsp3) is 0.562. The van der Waals surface area contributed by atoms with Crippen LogP contribution in [0.3, 0.4) is 0 Å². The minimum absolute atomic E-state index is 0.148. The van der Waals surface area contributed by atoms with Gasteiger partial charge in [-0.25, -0.2) is 0 Å². The fourth-order valence-electron chi connectivity index (χ4n) is 1.85. The quantitative estimate of drug-likeness (QED) is 0.794. The average Bonchev–Trinajstić information content (AvgIpc) is 2.44. The maximum absolute atomic E-state index is 12.1. The summed E-state index contributed by atoms with van der Waals surface area (Å²) in [7, 11) is 0. The number of hydrogen-bond donors (Lipinski definition) is 1. The lowest BCUT2D eigenvalue weighted by molar-refractivity contribution is -0.0498. The van der Waals surface area contributed by atoms with E-state index in [2.05, 4.69) is 30.0 Å². The summed E-state index contributed by atoms with van der Waals surface area (Å²) in [5.41, 5.74) is 0.409. The largest absolute Gasteiger partial charge is 0.435 e. The summed E-state index contributed by atoms with van der Waals surface area (Å²) in [4.78, 5) is 0. The van der Waals surface area contributed by atoms with Crippen molar-refractivity contribution < 1.29 is 13.5 Å². The molecule has 1 atom stereocenters. The smallest absolute Gasteiger partial charge is 0.387 e. The van der Waals surface area contributed by atoms with Crippen LogP contribution in [-0.2, 0) is 6.42 Å². The summed E-state index contributed by atoms with van der Waals surface area (Å²) in [6, 6.07) is 8.84. The Morgan fingerprint density at radius 3 is 2.38 bits per heavy atom. The minimum Gasteiger partial charge on any atom is -0.435 e. The number of benzene rings is 1. The van der Waals surface area contributed by atoms with E-state index in [1.807, 2.05) is 6.92 Å². The van der Waals surface area contributed by atoms with Gasteiger partial charge in [-0.05, 0) is 49.9 Å². The van der Waals surface area contributed by atoms with Crippen LogP contribution in [0.4, 0.5) is 8.78 Å². The summed E-state index contributed by atoms with van der Waals surface area (Å²) < 4.78 is 28.4. The molecule has 0 fully saturated rings. The van der Waals surface area contributed by atoms with E-state index in [1.165, 1.54) is 12.1 Å². The van der Waals surface area contributed by atoms with E-state index in [1.54, 1.807) is 12.1 Å². The van der Waals surface area contributed by atoms with Crippen molar-refractivity contribution in [2.24, 2.45) is 5.92 Å². The summed E-state index contributed by atoms with van der Waals surface area (Å²) in [6.07, 6.45) is 1.36. The summed E-state index contributed by atoms with van der Waals surface area (Å²) in [6.45, 7) is 4.03. The Hall–Kier alpha value is -1.67. The highest BCUT2D eigenvalue weighted by Crippen LogP contribution is 2.18. The van der Waals surface area contributed by atoms with Crippen molar-refractivity contribution in [1.82, 2.24) is 5.32 Å². The van der Waals surface area contributed by atoms with Crippen molar-refractivity contribution in [2.75, 3.05) is 6.54 Å². The Labute approximate surface area is 124 Å². The van der Waals surface area contributed by atoms with Crippen molar-refractivity contribution in [1.29, 1.82) is 5.26 Å². The predicted molar refractivity (Wildman–Crippen MR) is 78.3 cm³/mol. The molecule has 0 heterocycles. The molecule has 0 amide bonds. The number of nitrogens with one attached hydrogen (secondary N) is 1. The average molecular weight is 296 g/mol. The van der Waals surface area contributed by atoms with E-state index in [9.17, 15) is 14.0 Å². The van der Waals surface area contributed by atoms with Crippen LogP contribution in [0.2, 0.25) is 0 Å². The second-order valence-corrected chi connectivity index (χ2v) is 5.74. The van der Waals surface area contributed by atoms with Crippen LogP contribution in [0.25, 0.3) is 0 Å². The molecule has 0 aliphatic carbocycles. The first kappa shape index (κ1) is 17.4. The number of nitriles is 1. The maximum atomic E-state index is 12.1. The predicted octanol–water partition coefficient (Wildman–Crippen LogP) is 3.75. The number of rotatable bonds is 8. The van der Waals surface area contributed by atoms with Gasteiger partial charge in [0, 0.05) is 0 Å². The normalized spacial score (nSPS) is 14.0. The van der Waals surface area contributed by atoms with Crippen LogP contribution >= 0.6 is 0 Å². The molecule has 0 radical (unpaired) electrons. The molecule has 1 aromatic carbocycles. The molecule has 21 heavy (non-hydrogen) atoms. The van der Waals surface area contributed by atoms with Crippen molar-refractivity contribution in [3.05, 3.63) is 29.8 Å². The molecule has 116 valence electrons. The molecule has 0 saturated heterocycles. The van der Waals surface area contributed by atoms with Gasteiger partial charge in [0.15, 0.2) is 0 Å². The molecule has 5 heteroatoms. The first-order chi connectivity index (χ1) is 9.84. The monoisotopic (exact) mass is 296 g/mol. The van der Waals surface area contributed by atoms with E-state index in [0.29, 0.717) is 18.8 Å².